The predicted molar refractivity (Wildman–Crippen MR) is 74.0 cm³/mol. The van der Waals surface area contributed by atoms with E-state index in [0.29, 0.717) is 15.7 Å². The quantitative estimate of drug-likeness (QED) is 0.815. The minimum atomic E-state index is -3.36. The van der Waals surface area contributed by atoms with Gasteiger partial charge in [0.2, 0.25) is 9.84 Å². The van der Waals surface area contributed by atoms with E-state index in [9.17, 15) is 8.42 Å². The van der Waals surface area contributed by atoms with Gasteiger partial charge in [0.05, 0.1) is 9.80 Å². The molecule has 0 saturated heterocycles. The molecule has 96 valence electrons. The van der Waals surface area contributed by atoms with Gasteiger partial charge in [-0.3, -0.25) is 0 Å². The molecule has 0 bridgehead atoms. The lowest BCUT2D eigenvalue weighted by molar-refractivity contribution is 0.600. The molecule has 0 aromatic heterocycles. The number of rotatable bonds is 2. The van der Waals surface area contributed by atoms with E-state index in [-0.39, 0.29) is 0 Å². The molecule has 0 fully saturated rings. The van der Waals surface area contributed by atoms with E-state index in [1.807, 2.05) is 26.0 Å². The summed E-state index contributed by atoms with van der Waals surface area (Å²) in [5.41, 5.74) is 2.09. The number of benzene rings is 1. The Hall–Kier alpha value is -1.35. The molecule has 0 spiro atoms. The lowest BCUT2D eigenvalue weighted by Crippen LogP contribution is -2.09. The van der Waals surface area contributed by atoms with Crippen LogP contribution in [0.3, 0.4) is 0 Å². The van der Waals surface area contributed by atoms with Crippen LogP contribution < -0.4 is 0 Å². The van der Waals surface area contributed by atoms with Crippen molar-refractivity contribution in [2.24, 2.45) is 5.92 Å². The molecule has 2 rings (SSSR count). The van der Waals surface area contributed by atoms with Gasteiger partial charge in [-0.25, -0.2) is 8.42 Å². The van der Waals surface area contributed by atoms with Crippen LogP contribution in [0.2, 0.25) is 0 Å². The summed E-state index contributed by atoms with van der Waals surface area (Å²) in [6.45, 7) is 6.00. The number of hydrogen-bond acceptors (Lipinski definition) is 2. The Kier molecular flexibility index (Phi) is 3.44. The number of hydrogen-bond donors (Lipinski definition) is 0. The van der Waals surface area contributed by atoms with Gasteiger partial charge in [0.15, 0.2) is 0 Å². The molecular weight excluding hydrogens is 244 g/mol. The van der Waals surface area contributed by atoms with Gasteiger partial charge in [0, 0.05) is 0 Å². The molecule has 1 aliphatic carbocycles. The first kappa shape index (κ1) is 13.1. The Labute approximate surface area is 109 Å². The average Bonchev–Trinajstić information content (AvgIpc) is 2.32. The van der Waals surface area contributed by atoms with Crippen LogP contribution in [0.1, 0.15) is 25.8 Å². The van der Waals surface area contributed by atoms with Gasteiger partial charge in [0.25, 0.3) is 0 Å². The summed E-state index contributed by atoms with van der Waals surface area (Å²) in [5, 5.41) is 0. The molecular formula is C15H18O2S. The van der Waals surface area contributed by atoms with E-state index >= 15 is 0 Å². The summed E-state index contributed by atoms with van der Waals surface area (Å²) in [6, 6.07) is 7.06. The van der Waals surface area contributed by atoms with E-state index in [1.54, 1.807) is 24.3 Å². The van der Waals surface area contributed by atoms with Crippen LogP contribution in [-0.4, -0.2) is 8.42 Å². The highest BCUT2D eigenvalue weighted by Crippen LogP contribution is 2.29. The highest BCUT2D eigenvalue weighted by Gasteiger charge is 2.22. The topological polar surface area (TPSA) is 34.1 Å². The summed E-state index contributed by atoms with van der Waals surface area (Å²) in [6.07, 6.45) is 4.42. The van der Waals surface area contributed by atoms with Crippen molar-refractivity contribution < 1.29 is 8.42 Å². The molecule has 0 saturated carbocycles. The summed E-state index contributed by atoms with van der Waals surface area (Å²) in [7, 11) is -3.36. The first-order valence-corrected chi connectivity index (χ1v) is 7.59. The summed E-state index contributed by atoms with van der Waals surface area (Å²) in [4.78, 5) is 0.816. The fraction of sp³-hybridized carbons (Fsp3) is 0.333. The van der Waals surface area contributed by atoms with Crippen molar-refractivity contribution >= 4 is 9.84 Å². The van der Waals surface area contributed by atoms with Gasteiger partial charge in [0.1, 0.15) is 0 Å². The first-order valence-electron chi connectivity index (χ1n) is 6.11. The third kappa shape index (κ3) is 2.41. The fourth-order valence-corrected chi connectivity index (χ4v) is 3.54. The second-order valence-electron chi connectivity index (χ2n) is 4.95. The van der Waals surface area contributed by atoms with Crippen LogP contribution in [0.5, 0.6) is 0 Å². The second-order valence-corrected chi connectivity index (χ2v) is 6.90. The molecule has 3 heteroatoms. The van der Waals surface area contributed by atoms with Gasteiger partial charge in [-0.1, -0.05) is 30.7 Å². The maximum Gasteiger partial charge on any atom is 0.206 e. The number of aryl methyl sites for hydroxylation is 1. The minimum Gasteiger partial charge on any atom is -0.219 e. The van der Waals surface area contributed by atoms with Crippen molar-refractivity contribution in [3.63, 3.8) is 0 Å². The predicted octanol–water partition coefficient (Wildman–Crippen LogP) is 3.64. The van der Waals surface area contributed by atoms with Crippen LogP contribution in [-0.2, 0) is 9.84 Å². The van der Waals surface area contributed by atoms with E-state index in [2.05, 4.69) is 6.92 Å². The highest BCUT2D eigenvalue weighted by molar-refractivity contribution is 7.95. The SMILES string of the molecule is CC1=CC(S(=O)(=O)c2cccc(C)c2)=CCC1C. The maximum atomic E-state index is 12.5. The molecule has 1 aliphatic rings. The van der Waals surface area contributed by atoms with Crippen molar-refractivity contribution in [2.75, 3.05) is 0 Å². The van der Waals surface area contributed by atoms with E-state index < -0.39 is 9.84 Å². The lowest BCUT2D eigenvalue weighted by Gasteiger charge is -2.17. The van der Waals surface area contributed by atoms with Crippen LogP contribution in [0.4, 0.5) is 0 Å². The third-order valence-corrected chi connectivity index (χ3v) is 5.21. The third-order valence-electron chi connectivity index (χ3n) is 3.43. The summed E-state index contributed by atoms with van der Waals surface area (Å²) in [5.74, 6) is 0.432. The zero-order chi connectivity index (χ0) is 13.3. The van der Waals surface area contributed by atoms with Gasteiger partial charge >= 0.3 is 0 Å². The zero-order valence-electron chi connectivity index (χ0n) is 11.0. The van der Waals surface area contributed by atoms with Crippen molar-refractivity contribution in [3.8, 4) is 0 Å². The molecule has 0 heterocycles. The maximum absolute atomic E-state index is 12.5. The Bertz CT molecular complexity index is 622. The molecule has 0 radical (unpaired) electrons. The summed E-state index contributed by atoms with van der Waals surface area (Å²) < 4.78 is 25.0. The van der Waals surface area contributed by atoms with Crippen molar-refractivity contribution in [1.82, 2.24) is 0 Å². The molecule has 0 N–H and O–H groups in total. The van der Waals surface area contributed by atoms with Crippen molar-refractivity contribution in [2.45, 2.75) is 32.1 Å². The lowest BCUT2D eigenvalue weighted by atomic mass is 9.95. The zero-order valence-corrected chi connectivity index (χ0v) is 11.8. The first-order chi connectivity index (χ1) is 8.41. The second kappa shape index (κ2) is 4.73. The molecule has 1 aromatic carbocycles. The van der Waals surface area contributed by atoms with Crippen LogP contribution >= 0.6 is 0 Å². The normalized spacial score (nSPS) is 20.3. The molecule has 18 heavy (non-hydrogen) atoms. The van der Waals surface area contributed by atoms with E-state index in [0.717, 1.165) is 17.6 Å². The van der Waals surface area contributed by atoms with Crippen LogP contribution in [0, 0.1) is 12.8 Å². The van der Waals surface area contributed by atoms with E-state index in [4.69, 9.17) is 0 Å². The largest absolute Gasteiger partial charge is 0.219 e. The Balaban J connectivity index is 2.45. The van der Waals surface area contributed by atoms with Crippen molar-refractivity contribution in [1.29, 1.82) is 0 Å². The van der Waals surface area contributed by atoms with Crippen molar-refractivity contribution in [3.05, 3.63) is 52.5 Å². The summed E-state index contributed by atoms with van der Waals surface area (Å²) >= 11 is 0. The molecule has 1 aromatic rings. The van der Waals surface area contributed by atoms with Gasteiger partial charge < -0.3 is 0 Å². The van der Waals surface area contributed by atoms with Crippen LogP contribution in [0.25, 0.3) is 0 Å². The van der Waals surface area contributed by atoms with Crippen LogP contribution in [0.15, 0.2) is 51.8 Å². The monoisotopic (exact) mass is 262 g/mol. The van der Waals surface area contributed by atoms with Gasteiger partial charge in [-0.05, 0) is 50.0 Å². The minimum absolute atomic E-state index is 0.382. The Morgan fingerprint density at radius 3 is 2.56 bits per heavy atom. The fourth-order valence-electron chi connectivity index (χ4n) is 2.01. The molecule has 0 aliphatic heterocycles. The number of sulfone groups is 1. The number of allylic oxidation sites excluding steroid dienone is 3. The molecule has 0 amide bonds. The smallest absolute Gasteiger partial charge is 0.206 e. The molecule has 2 nitrogen and oxygen atoms in total. The van der Waals surface area contributed by atoms with Gasteiger partial charge in [-0.15, -0.1) is 0 Å². The standard InChI is InChI=1S/C15H18O2S/c1-11-5-4-6-14(9-11)18(16,17)15-8-7-12(2)13(3)10-15/h4-6,8-10,12H,7H2,1-3H3. The molecule has 1 unspecified atom stereocenters. The highest BCUT2D eigenvalue weighted by atomic mass is 32.2. The Morgan fingerprint density at radius 2 is 1.94 bits per heavy atom. The van der Waals surface area contributed by atoms with Gasteiger partial charge in [-0.2, -0.15) is 0 Å². The van der Waals surface area contributed by atoms with E-state index in [1.165, 1.54) is 0 Å². The Morgan fingerprint density at radius 1 is 1.22 bits per heavy atom. The molecule has 1 atom stereocenters. The average molecular weight is 262 g/mol.